The van der Waals surface area contributed by atoms with E-state index in [2.05, 4.69) is 0 Å². The summed E-state index contributed by atoms with van der Waals surface area (Å²) in [6.07, 6.45) is 3.70. The van der Waals surface area contributed by atoms with Crippen molar-refractivity contribution in [3.63, 3.8) is 0 Å². The first-order valence-electron chi connectivity index (χ1n) is 6.41. The molecule has 0 unspecified atom stereocenters. The molecule has 3 heteroatoms. The van der Waals surface area contributed by atoms with Gasteiger partial charge in [0.05, 0.1) is 0 Å². The maximum atomic E-state index is 12.3. The molecule has 0 atom stereocenters. The van der Waals surface area contributed by atoms with Crippen molar-refractivity contribution in [2.45, 2.75) is 25.7 Å². The molecule has 2 aliphatic carbocycles. The first kappa shape index (κ1) is 11.3. The van der Waals surface area contributed by atoms with Crippen LogP contribution in [-0.2, 0) is 4.79 Å². The number of ketones is 3. The summed E-state index contributed by atoms with van der Waals surface area (Å²) in [5, 5.41) is 0. The minimum atomic E-state index is -1.05. The molecule has 1 fully saturated rings. The first-order valence-corrected chi connectivity index (χ1v) is 6.41. The molecule has 0 spiro atoms. The molecule has 0 N–H and O–H groups in total. The van der Waals surface area contributed by atoms with Gasteiger partial charge in [0.15, 0.2) is 17.3 Å². The molecule has 3 rings (SSSR count). The Kier molecular flexibility index (Phi) is 2.62. The lowest BCUT2D eigenvalue weighted by Crippen LogP contribution is -2.30. The van der Waals surface area contributed by atoms with Crippen LogP contribution in [0.4, 0.5) is 0 Å². The van der Waals surface area contributed by atoms with Crippen LogP contribution in [0.25, 0.3) is 0 Å². The zero-order valence-electron chi connectivity index (χ0n) is 10.0. The largest absolute Gasteiger partial charge is 0.298 e. The molecule has 18 heavy (non-hydrogen) atoms. The van der Waals surface area contributed by atoms with E-state index in [9.17, 15) is 14.4 Å². The molecule has 0 saturated heterocycles. The second-order valence-electron chi connectivity index (χ2n) is 5.09. The van der Waals surface area contributed by atoms with Crippen molar-refractivity contribution < 1.29 is 14.4 Å². The monoisotopic (exact) mass is 242 g/mol. The highest BCUT2D eigenvalue weighted by molar-refractivity contribution is 6.35. The number of rotatable bonds is 2. The summed E-state index contributed by atoms with van der Waals surface area (Å²) < 4.78 is 0. The molecule has 0 aromatic heterocycles. The van der Waals surface area contributed by atoms with E-state index in [1.165, 1.54) is 0 Å². The Hall–Kier alpha value is -1.77. The normalized spacial score (nSPS) is 20.4. The van der Waals surface area contributed by atoms with Crippen molar-refractivity contribution in [1.82, 2.24) is 0 Å². The lowest BCUT2D eigenvalue weighted by molar-refractivity contribution is -0.123. The first-order chi connectivity index (χ1) is 8.70. The van der Waals surface area contributed by atoms with Gasteiger partial charge in [0.1, 0.15) is 5.92 Å². The molecule has 0 aliphatic heterocycles. The summed E-state index contributed by atoms with van der Waals surface area (Å²) in [5.74, 6) is -1.89. The average molecular weight is 242 g/mol. The molecule has 0 amide bonds. The fourth-order valence-electron chi connectivity index (χ4n) is 3.05. The maximum Gasteiger partial charge on any atom is 0.181 e. The maximum absolute atomic E-state index is 12.3. The molecule has 0 heterocycles. The van der Waals surface area contributed by atoms with Gasteiger partial charge in [0, 0.05) is 17.0 Å². The predicted molar refractivity (Wildman–Crippen MR) is 65.6 cm³/mol. The van der Waals surface area contributed by atoms with Crippen LogP contribution in [-0.4, -0.2) is 17.3 Å². The van der Waals surface area contributed by atoms with Crippen LogP contribution in [0.5, 0.6) is 0 Å². The van der Waals surface area contributed by atoms with Crippen molar-refractivity contribution in [3.05, 3.63) is 35.4 Å². The molecule has 2 aliphatic rings. The summed E-state index contributed by atoms with van der Waals surface area (Å²) >= 11 is 0. The molecule has 1 saturated carbocycles. The van der Waals surface area contributed by atoms with Crippen molar-refractivity contribution >= 4 is 17.3 Å². The predicted octanol–water partition coefficient (Wildman–Crippen LogP) is 2.44. The van der Waals surface area contributed by atoms with Gasteiger partial charge in [-0.05, 0) is 12.8 Å². The van der Waals surface area contributed by atoms with E-state index in [1.807, 2.05) is 0 Å². The quantitative estimate of drug-likeness (QED) is 0.748. The minimum Gasteiger partial charge on any atom is -0.298 e. The minimum absolute atomic E-state index is 0.0859. The number of hydrogen-bond donors (Lipinski definition) is 0. The van der Waals surface area contributed by atoms with E-state index in [0.29, 0.717) is 11.1 Å². The second kappa shape index (κ2) is 4.16. The van der Waals surface area contributed by atoms with Crippen molar-refractivity contribution in [3.8, 4) is 0 Å². The van der Waals surface area contributed by atoms with E-state index in [0.717, 1.165) is 25.7 Å². The highest BCUT2D eigenvalue weighted by atomic mass is 16.2. The summed E-state index contributed by atoms with van der Waals surface area (Å²) in [4.78, 5) is 36.6. The summed E-state index contributed by atoms with van der Waals surface area (Å²) in [5.41, 5.74) is 0.831. The van der Waals surface area contributed by atoms with Gasteiger partial charge >= 0.3 is 0 Å². The van der Waals surface area contributed by atoms with E-state index >= 15 is 0 Å². The number of carbonyl (C=O) groups is 3. The Morgan fingerprint density at radius 3 is 1.94 bits per heavy atom. The Morgan fingerprint density at radius 2 is 1.44 bits per heavy atom. The van der Waals surface area contributed by atoms with Crippen LogP contribution < -0.4 is 0 Å². The fraction of sp³-hybridized carbons (Fsp3) is 0.400. The summed E-state index contributed by atoms with van der Waals surface area (Å²) in [6.45, 7) is 0. The van der Waals surface area contributed by atoms with Crippen LogP contribution in [0.1, 0.15) is 46.4 Å². The molecule has 0 bridgehead atoms. The van der Waals surface area contributed by atoms with Gasteiger partial charge in [0.2, 0.25) is 0 Å². The standard InChI is InChI=1S/C15H14O3/c16-13(9-5-1-2-6-9)12-14(17)10-7-3-4-8-11(10)15(12)18/h3-4,7-9,12H,1-2,5-6H2. The smallest absolute Gasteiger partial charge is 0.181 e. The molecule has 0 radical (unpaired) electrons. The molecule has 1 aromatic rings. The van der Waals surface area contributed by atoms with Crippen molar-refractivity contribution in [1.29, 1.82) is 0 Å². The number of fused-ring (bicyclic) bond motifs is 1. The zero-order valence-corrected chi connectivity index (χ0v) is 10.0. The van der Waals surface area contributed by atoms with Crippen molar-refractivity contribution in [2.24, 2.45) is 11.8 Å². The van der Waals surface area contributed by atoms with Crippen LogP contribution >= 0.6 is 0 Å². The topological polar surface area (TPSA) is 51.2 Å². The third-order valence-corrected chi connectivity index (χ3v) is 4.02. The van der Waals surface area contributed by atoms with E-state index < -0.39 is 5.92 Å². The zero-order chi connectivity index (χ0) is 12.7. The van der Waals surface area contributed by atoms with E-state index in [4.69, 9.17) is 0 Å². The number of Topliss-reactive ketones (excluding diaryl/α,β-unsaturated/α-hetero) is 3. The Labute approximate surface area is 105 Å². The SMILES string of the molecule is O=C1c2ccccc2C(=O)C1C(=O)C1CCCC1. The second-order valence-corrected chi connectivity index (χ2v) is 5.09. The van der Waals surface area contributed by atoms with Gasteiger partial charge < -0.3 is 0 Å². The highest BCUT2D eigenvalue weighted by Crippen LogP contribution is 2.34. The molecule has 3 nitrogen and oxygen atoms in total. The number of carbonyl (C=O) groups excluding carboxylic acids is 3. The number of benzene rings is 1. The summed E-state index contributed by atoms with van der Waals surface area (Å²) in [6, 6.07) is 6.73. The molecular weight excluding hydrogens is 228 g/mol. The van der Waals surface area contributed by atoms with E-state index in [1.54, 1.807) is 24.3 Å². The Morgan fingerprint density at radius 1 is 0.944 bits per heavy atom. The molecule has 92 valence electrons. The lowest BCUT2D eigenvalue weighted by atomic mass is 9.88. The molecule has 1 aromatic carbocycles. The van der Waals surface area contributed by atoms with Gasteiger partial charge in [-0.3, -0.25) is 14.4 Å². The van der Waals surface area contributed by atoms with Gasteiger partial charge in [-0.15, -0.1) is 0 Å². The van der Waals surface area contributed by atoms with Crippen LogP contribution in [0.3, 0.4) is 0 Å². The van der Waals surface area contributed by atoms with Gasteiger partial charge in [-0.25, -0.2) is 0 Å². The lowest BCUT2D eigenvalue weighted by Gasteiger charge is -2.11. The van der Waals surface area contributed by atoms with Gasteiger partial charge in [-0.2, -0.15) is 0 Å². The van der Waals surface area contributed by atoms with Crippen LogP contribution in [0.15, 0.2) is 24.3 Å². The summed E-state index contributed by atoms with van der Waals surface area (Å²) in [7, 11) is 0. The highest BCUT2D eigenvalue weighted by Gasteiger charge is 2.45. The van der Waals surface area contributed by atoms with Gasteiger partial charge in [-0.1, -0.05) is 37.1 Å². The van der Waals surface area contributed by atoms with Crippen LogP contribution in [0.2, 0.25) is 0 Å². The van der Waals surface area contributed by atoms with E-state index in [-0.39, 0.29) is 23.3 Å². The molecular formula is C15H14O3. The number of hydrogen-bond acceptors (Lipinski definition) is 3. The van der Waals surface area contributed by atoms with Crippen LogP contribution in [0, 0.1) is 11.8 Å². The average Bonchev–Trinajstić information content (AvgIpc) is 2.99. The third-order valence-electron chi connectivity index (χ3n) is 4.02. The Balaban J connectivity index is 1.94. The Bertz CT molecular complexity index is 503. The fourth-order valence-corrected chi connectivity index (χ4v) is 3.05. The third kappa shape index (κ3) is 1.54. The van der Waals surface area contributed by atoms with Crippen molar-refractivity contribution in [2.75, 3.05) is 0 Å². The van der Waals surface area contributed by atoms with Gasteiger partial charge in [0.25, 0.3) is 0 Å².